The van der Waals surface area contributed by atoms with E-state index in [2.05, 4.69) is 0 Å². The van der Waals surface area contributed by atoms with Gasteiger partial charge in [-0.25, -0.2) is 0 Å². The fourth-order valence-electron chi connectivity index (χ4n) is 2.50. The number of rotatable bonds is 3. The molecule has 1 heterocycles. The molecule has 0 saturated heterocycles. The molecule has 4 nitrogen and oxygen atoms in total. The number of hydrogen-bond donors (Lipinski definition) is 1. The maximum atomic E-state index is 12.0. The van der Waals surface area contributed by atoms with Crippen LogP contribution in [0.1, 0.15) is 24.3 Å². The first-order valence-corrected chi connectivity index (χ1v) is 6.31. The number of methoxy groups -OCH3 is 1. The van der Waals surface area contributed by atoms with Crippen LogP contribution in [0.5, 0.6) is 5.75 Å². The highest BCUT2D eigenvalue weighted by molar-refractivity contribution is 6.34. The Bertz CT molecular complexity index is 476. The summed E-state index contributed by atoms with van der Waals surface area (Å²) >= 11 is 6.22. The van der Waals surface area contributed by atoms with E-state index in [1.807, 2.05) is 6.07 Å². The van der Waals surface area contributed by atoms with Crippen molar-refractivity contribution in [3.05, 3.63) is 22.7 Å². The monoisotopic (exact) mass is 268 g/mol. The molecule has 2 N–H and O–H groups in total. The van der Waals surface area contributed by atoms with Crippen molar-refractivity contribution in [3.8, 4) is 5.75 Å². The molecule has 0 bridgehead atoms. The maximum Gasteiger partial charge on any atom is 0.227 e. The van der Waals surface area contributed by atoms with Gasteiger partial charge in [-0.15, -0.1) is 0 Å². The van der Waals surface area contributed by atoms with Gasteiger partial charge in [0.25, 0.3) is 0 Å². The fourth-order valence-corrected chi connectivity index (χ4v) is 2.79. The number of carbonyl (C=O) groups excluding carboxylic acids is 1. The summed E-state index contributed by atoms with van der Waals surface area (Å²) in [5.41, 5.74) is 7.38. The lowest BCUT2D eigenvalue weighted by molar-refractivity contribution is -0.119. The number of nitrogens with two attached hydrogens (primary N) is 1. The Kier molecular flexibility index (Phi) is 3.78. The molecule has 1 aromatic rings. The highest BCUT2D eigenvalue weighted by atomic mass is 35.5. The Hall–Kier alpha value is -1.26. The van der Waals surface area contributed by atoms with Crippen LogP contribution in [-0.2, 0) is 4.79 Å². The molecule has 1 amide bonds. The van der Waals surface area contributed by atoms with Gasteiger partial charge in [-0.2, -0.15) is 0 Å². The zero-order chi connectivity index (χ0) is 13.3. The second kappa shape index (κ2) is 5.16. The van der Waals surface area contributed by atoms with Crippen LogP contribution < -0.4 is 15.4 Å². The molecule has 1 aliphatic rings. The molecule has 1 unspecified atom stereocenters. The highest BCUT2D eigenvalue weighted by Gasteiger charge is 2.33. The van der Waals surface area contributed by atoms with Crippen LogP contribution in [-0.4, -0.2) is 26.6 Å². The Balaban J connectivity index is 2.61. The normalized spacial score (nSPS) is 18.8. The molecule has 0 fully saturated rings. The van der Waals surface area contributed by atoms with Crippen molar-refractivity contribution in [1.29, 1.82) is 0 Å². The van der Waals surface area contributed by atoms with Gasteiger partial charge in [-0.1, -0.05) is 11.6 Å². The lowest BCUT2D eigenvalue weighted by Crippen LogP contribution is -2.34. The van der Waals surface area contributed by atoms with Gasteiger partial charge < -0.3 is 15.4 Å². The number of amides is 1. The minimum atomic E-state index is 0.0658. The third-order valence-electron chi connectivity index (χ3n) is 3.40. The predicted octanol–water partition coefficient (Wildman–Crippen LogP) is 2.15. The molecule has 0 radical (unpaired) electrons. The first-order valence-electron chi connectivity index (χ1n) is 5.93. The summed E-state index contributed by atoms with van der Waals surface area (Å²) in [5, 5.41) is 0.573. The number of halogens is 1. The van der Waals surface area contributed by atoms with Gasteiger partial charge in [0.1, 0.15) is 5.75 Å². The van der Waals surface area contributed by atoms with Crippen LogP contribution in [0.2, 0.25) is 5.02 Å². The quantitative estimate of drug-likeness (QED) is 0.914. The van der Waals surface area contributed by atoms with Crippen molar-refractivity contribution in [3.63, 3.8) is 0 Å². The Morgan fingerprint density at radius 1 is 1.56 bits per heavy atom. The van der Waals surface area contributed by atoms with E-state index in [9.17, 15) is 4.79 Å². The number of ether oxygens (including phenoxy) is 1. The third kappa shape index (κ3) is 2.06. The van der Waals surface area contributed by atoms with Crippen molar-refractivity contribution >= 4 is 23.2 Å². The van der Waals surface area contributed by atoms with Gasteiger partial charge >= 0.3 is 0 Å². The SMILES string of the molecule is COc1ccc(Cl)c2c1C(CCN)CC(=O)N2C. The predicted molar refractivity (Wildman–Crippen MR) is 72.4 cm³/mol. The van der Waals surface area contributed by atoms with Crippen molar-refractivity contribution in [1.82, 2.24) is 0 Å². The first kappa shape index (κ1) is 13.2. The van der Waals surface area contributed by atoms with Crippen molar-refractivity contribution in [2.75, 3.05) is 25.6 Å². The molecule has 5 heteroatoms. The van der Waals surface area contributed by atoms with Gasteiger partial charge in [0.15, 0.2) is 0 Å². The lowest BCUT2D eigenvalue weighted by Gasteiger charge is -2.33. The molecule has 18 heavy (non-hydrogen) atoms. The van der Waals surface area contributed by atoms with E-state index in [1.165, 1.54) is 0 Å². The van der Waals surface area contributed by atoms with Crippen LogP contribution in [0.25, 0.3) is 0 Å². The zero-order valence-electron chi connectivity index (χ0n) is 10.6. The average molecular weight is 269 g/mol. The molecule has 1 atom stereocenters. The summed E-state index contributed by atoms with van der Waals surface area (Å²) in [6.07, 6.45) is 1.21. The molecule has 0 aromatic heterocycles. The molecule has 98 valence electrons. The van der Waals surface area contributed by atoms with Crippen LogP contribution >= 0.6 is 11.6 Å². The van der Waals surface area contributed by atoms with E-state index in [-0.39, 0.29) is 11.8 Å². The summed E-state index contributed by atoms with van der Waals surface area (Å²) in [5.74, 6) is 0.922. The van der Waals surface area contributed by atoms with Crippen LogP contribution in [0.4, 0.5) is 5.69 Å². The Morgan fingerprint density at radius 2 is 2.28 bits per heavy atom. The van der Waals surface area contributed by atoms with Crippen molar-refractivity contribution in [2.45, 2.75) is 18.8 Å². The molecule has 0 aliphatic carbocycles. The van der Waals surface area contributed by atoms with E-state index in [0.29, 0.717) is 18.0 Å². The van der Waals surface area contributed by atoms with E-state index >= 15 is 0 Å². The number of nitrogens with zero attached hydrogens (tertiary/aromatic N) is 1. The van der Waals surface area contributed by atoms with Crippen LogP contribution in [0.15, 0.2) is 12.1 Å². The number of anilines is 1. The van der Waals surface area contributed by atoms with E-state index in [0.717, 1.165) is 23.4 Å². The molecule has 1 aliphatic heterocycles. The van der Waals surface area contributed by atoms with Crippen LogP contribution in [0, 0.1) is 0 Å². The summed E-state index contributed by atoms with van der Waals surface area (Å²) in [6.45, 7) is 0.538. The third-order valence-corrected chi connectivity index (χ3v) is 3.71. The largest absolute Gasteiger partial charge is 0.496 e. The summed E-state index contributed by atoms with van der Waals surface area (Å²) < 4.78 is 5.39. The van der Waals surface area contributed by atoms with Crippen molar-refractivity contribution in [2.24, 2.45) is 5.73 Å². The molecule has 0 spiro atoms. The second-order valence-corrected chi connectivity index (χ2v) is 4.85. The maximum absolute atomic E-state index is 12.0. The van der Waals surface area contributed by atoms with Crippen molar-refractivity contribution < 1.29 is 9.53 Å². The Labute approximate surface area is 112 Å². The molecule has 1 aromatic carbocycles. The number of hydrogen-bond acceptors (Lipinski definition) is 3. The molecular formula is C13H17ClN2O2. The van der Waals surface area contributed by atoms with Gasteiger partial charge in [0.05, 0.1) is 17.8 Å². The van der Waals surface area contributed by atoms with E-state index in [1.54, 1.807) is 25.1 Å². The van der Waals surface area contributed by atoms with Gasteiger partial charge in [0, 0.05) is 19.0 Å². The minimum Gasteiger partial charge on any atom is -0.496 e. The highest BCUT2D eigenvalue weighted by Crippen LogP contribution is 2.46. The lowest BCUT2D eigenvalue weighted by atomic mass is 9.86. The van der Waals surface area contributed by atoms with Gasteiger partial charge in [-0.3, -0.25) is 4.79 Å². The topological polar surface area (TPSA) is 55.6 Å². The standard InChI is InChI=1S/C13H17ClN2O2/c1-16-11(17)7-8(5-6-15)12-10(18-2)4-3-9(14)13(12)16/h3-4,8H,5-7,15H2,1-2H3. The first-order chi connectivity index (χ1) is 8.60. The number of benzene rings is 1. The molecular weight excluding hydrogens is 252 g/mol. The fraction of sp³-hybridized carbons (Fsp3) is 0.462. The van der Waals surface area contributed by atoms with Crippen LogP contribution in [0.3, 0.4) is 0 Å². The number of carbonyl (C=O) groups is 1. The van der Waals surface area contributed by atoms with Gasteiger partial charge in [-0.05, 0) is 31.0 Å². The Morgan fingerprint density at radius 3 is 2.89 bits per heavy atom. The smallest absolute Gasteiger partial charge is 0.227 e. The van der Waals surface area contributed by atoms with E-state index < -0.39 is 0 Å². The summed E-state index contributed by atoms with van der Waals surface area (Å²) in [4.78, 5) is 13.6. The van der Waals surface area contributed by atoms with E-state index in [4.69, 9.17) is 22.1 Å². The second-order valence-electron chi connectivity index (χ2n) is 4.44. The zero-order valence-corrected chi connectivity index (χ0v) is 11.3. The summed E-state index contributed by atoms with van der Waals surface area (Å²) in [7, 11) is 3.37. The summed E-state index contributed by atoms with van der Waals surface area (Å²) in [6, 6.07) is 3.60. The molecule has 2 rings (SSSR count). The molecule has 0 saturated carbocycles. The average Bonchev–Trinajstić information content (AvgIpc) is 2.35. The van der Waals surface area contributed by atoms with Gasteiger partial charge in [0.2, 0.25) is 5.91 Å². The minimum absolute atomic E-state index is 0.0658. The number of fused-ring (bicyclic) bond motifs is 1.